The fraction of sp³-hybridized carbons (Fsp3) is 0.300. The maximum atomic E-state index is 11.8. The van der Waals surface area contributed by atoms with Crippen molar-refractivity contribution in [3.05, 3.63) is 38.9 Å². The van der Waals surface area contributed by atoms with Crippen LogP contribution in [0.3, 0.4) is 0 Å². The van der Waals surface area contributed by atoms with Gasteiger partial charge in [0.2, 0.25) is 0 Å². The first kappa shape index (κ1) is 22.0. The number of rotatable bonds is 7. The zero-order valence-electron chi connectivity index (χ0n) is 17.3. The Morgan fingerprint density at radius 2 is 2.10 bits per heavy atom. The largest absolute Gasteiger partial charge is 0.493 e. The average molecular weight is 492 g/mol. The Bertz CT molecular complexity index is 1110. The van der Waals surface area contributed by atoms with Crippen LogP contribution in [-0.2, 0) is 4.79 Å². The Hall–Kier alpha value is -2.72. The number of carbonyl (C=O) groups is 1. The minimum Gasteiger partial charge on any atom is -0.493 e. The molecule has 0 unspecified atom stereocenters. The van der Waals surface area contributed by atoms with Gasteiger partial charge in [0.25, 0.3) is 5.91 Å². The fourth-order valence-electron chi connectivity index (χ4n) is 2.65. The molecule has 3 aromatic rings. The summed E-state index contributed by atoms with van der Waals surface area (Å²) in [6.45, 7) is 4.03. The summed E-state index contributed by atoms with van der Waals surface area (Å²) in [7, 11) is 4.89. The van der Waals surface area contributed by atoms with Gasteiger partial charge in [-0.05, 0) is 53.0 Å². The molecule has 0 saturated carbocycles. The van der Waals surface area contributed by atoms with E-state index >= 15 is 0 Å². The van der Waals surface area contributed by atoms with Crippen molar-refractivity contribution in [2.75, 3.05) is 33.2 Å². The topological polar surface area (TPSA) is 88.9 Å². The highest BCUT2D eigenvalue weighted by atomic mass is 79.9. The van der Waals surface area contributed by atoms with Gasteiger partial charge < -0.3 is 14.4 Å². The summed E-state index contributed by atoms with van der Waals surface area (Å²) in [4.78, 5) is 24.0. The fourth-order valence-corrected chi connectivity index (χ4v) is 4.22. The third-order valence-corrected chi connectivity index (χ3v) is 6.14. The van der Waals surface area contributed by atoms with E-state index in [1.807, 2.05) is 13.0 Å². The molecule has 0 saturated heterocycles. The lowest BCUT2D eigenvalue weighted by atomic mass is 10.2. The third kappa shape index (κ3) is 4.71. The molecular formula is C20H22BrN5O3S. The molecule has 1 amide bonds. The predicted octanol–water partition coefficient (Wildman–Crippen LogP) is 3.99. The number of methoxy groups -OCH3 is 1. The van der Waals surface area contributed by atoms with Gasteiger partial charge in [0.05, 0.1) is 23.2 Å². The van der Waals surface area contributed by atoms with Crippen molar-refractivity contribution >= 4 is 55.4 Å². The molecule has 0 bridgehead atoms. The van der Waals surface area contributed by atoms with E-state index < -0.39 is 0 Å². The van der Waals surface area contributed by atoms with Gasteiger partial charge >= 0.3 is 0 Å². The van der Waals surface area contributed by atoms with Gasteiger partial charge in [-0.25, -0.2) is 9.97 Å². The van der Waals surface area contributed by atoms with Crippen LogP contribution in [0.1, 0.15) is 16.0 Å². The van der Waals surface area contributed by atoms with E-state index in [4.69, 9.17) is 9.47 Å². The number of hydrogen-bond donors (Lipinski definition) is 1. The minimum atomic E-state index is -0.145. The van der Waals surface area contributed by atoms with E-state index in [2.05, 4.69) is 43.3 Å². The maximum absolute atomic E-state index is 11.8. The second-order valence-corrected chi connectivity index (χ2v) is 8.72. The summed E-state index contributed by atoms with van der Waals surface area (Å²) in [5.41, 5.74) is 4.93. The zero-order chi connectivity index (χ0) is 21.8. The molecule has 0 aliphatic rings. The molecule has 10 heteroatoms. The summed E-state index contributed by atoms with van der Waals surface area (Å²) < 4.78 is 11.7. The number of nitrogens with zero attached hydrogens (tertiary/aromatic N) is 4. The van der Waals surface area contributed by atoms with Gasteiger partial charge in [-0.3, -0.25) is 10.2 Å². The minimum absolute atomic E-state index is 0.0833. The molecule has 8 nitrogen and oxygen atoms in total. The van der Waals surface area contributed by atoms with Crippen LogP contribution in [0.15, 0.2) is 28.0 Å². The molecule has 3 rings (SSSR count). The number of amides is 1. The number of thiophene rings is 1. The van der Waals surface area contributed by atoms with Crippen molar-refractivity contribution in [2.24, 2.45) is 5.10 Å². The molecule has 0 atom stereocenters. The van der Waals surface area contributed by atoms with E-state index in [9.17, 15) is 4.79 Å². The van der Waals surface area contributed by atoms with E-state index in [0.717, 1.165) is 21.3 Å². The molecule has 30 heavy (non-hydrogen) atoms. The van der Waals surface area contributed by atoms with E-state index in [1.165, 1.54) is 16.1 Å². The Kier molecular flexibility index (Phi) is 6.88. The lowest BCUT2D eigenvalue weighted by molar-refractivity contribution is -0.130. The number of hydrogen-bond acceptors (Lipinski definition) is 8. The molecule has 0 radical (unpaired) electrons. The van der Waals surface area contributed by atoms with E-state index in [-0.39, 0.29) is 12.5 Å². The molecule has 0 fully saturated rings. The highest BCUT2D eigenvalue weighted by molar-refractivity contribution is 9.10. The first-order valence-electron chi connectivity index (χ1n) is 9.02. The molecule has 0 aliphatic carbocycles. The quantitative estimate of drug-likeness (QED) is 0.396. The molecular weight excluding hydrogens is 470 g/mol. The lowest BCUT2D eigenvalue weighted by Crippen LogP contribution is -2.27. The van der Waals surface area contributed by atoms with Crippen molar-refractivity contribution < 1.29 is 14.3 Å². The highest BCUT2D eigenvalue weighted by Gasteiger charge is 2.14. The Morgan fingerprint density at radius 1 is 1.33 bits per heavy atom. The van der Waals surface area contributed by atoms with Crippen LogP contribution < -0.4 is 14.9 Å². The molecule has 1 N–H and O–H groups in total. The smallest absolute Gasteiger partial charge is 0.259 e. The number of nitrogens with one attached hydrogen (secondary N) is 1. The standard InChI is InChI=1S/C20H22BrN5O3S/c1-11-12(2)30-20-17(11)19(22-10-23-20)25-24-8-13-6-14(21)18(15(7-13)28-5)29-9-16(27)26(3)4/h6-8,10H,9H2,1-5H3,(H,22,23,25)/b24-8+. The molecule has 0 aliphatic heterocycles. The summed E-state index contributed by atoms with van der Waals surface area (Å²) in [6.07, 6.45) is 3.18. The monoisotopic (exact) mass is 491 g/mol. The number of aryl methyl sites for hydroxylation is 2. The maximum Gasteiger partial charge on any atom is 0.259 e. The van der Waals surface area contributed by atoms with Gasteiger partial charge in [-0.1, -0.05) is 0 Å². The second kappa shape index (κ2) is 9.40. The predicted molar refractivity (Wildman–Crippen MR) is 123 cm³/mol. The number of benzene rings is 1. The van der Waals surface area contributed by atoms with Crippen LogP contribution in [0.25, 0.3) is 10.2 Å². The van der Waals surface area contributed by atoms with Gasteiger partial charge in [-0.15, -0.1) is 11.3 Å². The van der Waals surface area contributed by atoms with Crippen LogP contribution in [0, 0.1) is 13.8 Å². The van der Waals surface area contributed by atoms with Crippen LogP contribution in [0.2, 0.25) is 0 Å². The summed E-state index contributed by atoms with van der Waals surface area (Å²) in [6, 6.07) is 3.61. The van der Waals surface area contributed by atoms with Crippen LogP contribution in [0.5, 0.6) is 11.5 Å². The Balaban J connectivity index is 1.79. The van der Waals surface area contributed by atoms with Gasteiger partial charge in [0, 0.05) is 19.0 Å². The summed E-state index contributed by atoms with van der Waals surface area (Å²) in [5.74, 6) is 1.46. The molecule has 1 aromatic carbocycles. The molecule has 2 heterocycles. The van der Waals surface area contributed by atoms with Gasteiger partial charge in [-0.2, -0.15) is 5.10 Å². The zero-order valence-corrected chi connectivity index (χ0v) is 19.7. The summed E-state index contributed by atoms with van der Waals surface area (Å²) >= 11 is 5.11. The Labute approximate surface area is 187 Å². The number of anilines is 1. The van der Waals surface area contributed by atoms with Crippen LogP contribution in [0.4, 0.5) is 5.82 Å². The van der Waals surface area contributed by atoms with Crippen LogP contribution in [-0.4, -0.2) is 54.8 Å². The summed E-state index contributed by atoms with van der Waals surface area (Å²) in [5, 5.41) is 5.29. The number of halogens is 1. The number of likely N-dealkylation sites (N-methyl/N-ethyl adjacent to an activating group) is 1. The number of hydrazone groups is 1. The lowest BCUT2D eigenvalue weighted by Gasteiger charge is -2.15. The van der Waals surface area contributed by atoms with E-state index in [1.54, 1.807) is 44.8 Å². The molecule has 0 spiro atoms. The third-order valence-electron chi connectivity index (χ3n) is 4.44. The first-order chi connectivity index (χ1) is 14.3. The number of fused-ring (bicyclic) bond motifs is 1. The van der Waals surface area contributed by atoms with Crippen molar-refractivity contribution in [2.45, 2.75) is 13.8 Å². The Morgan fingerprint density at radius 3 is 2.80 bits per heavy atom. The average Bonchev–Trinajstić information content (AvgIpc) is 3.01. The normalized spacial score (nSPS) is 11.1. The number of aromatic nitrogens is 2. The van der Waals surface area contributed by atoms with Gasteiger partial charge in [0.1, 0.15) is 11.2 Å². The van der Waals surface area contributed by atoms with E-state index in [0.29, 0.717) is 21.8 Å². The van der Waals surface area contributed by atoms with Crippen molar-refractivity contribution in [3.63, 3.8) is 0 Å². The van der Waals surface area contributed by atoms with Crippen molar-refractivity contribution in [1.82, 2.24) is 14.9 Å². The van der Waals surface area contributed by atoms with Crippen molar-refractivity contribution in [1.29, 1.82) is 0 Å². The van der Waals surface area contributed by atoms with Gasteiger partial charge in [0.15, 0.2) is 23.9 Å². The number of carbonyl (C=O) groups excluding carboxylic acids is 1. The second-order valence-electron chi connectivity index (χ2n) is 6.67. The highest BCUT2D eigenvalue weighted by Crippen LogP contribution is 2.36. The molecule has 158 valence electrons. The SMILES string of the molecule is COc1cc(/C=N/Nc2ncnc3sc(C)c(C)c23)cc(Br)c1OCC(=O)N(C)C. The number of ether oxygens (including phenoxy) is 2. The molecule has 2 aromatic heterocycles. The first-order valence-corrected chi connectivity index (χ1v) is 10.6. The van der Waals surface area contributed by atoms with Crippen molar-refractivity contribution in [3.8, 4) is 11.5 Å². The van der Waals surface area contributed by atoms with Crippen LogP contribution >= 0.6 is 27.3 Å².